The van der Waals surface area contributed by atoms with E-state index in [-0.39, 0.29) is 0 Å². The Labute approximate surface area is 96.3 Å². The Bertz CT molecular complexity index is 372. The molecule has 1 aromatic rings. The van der Waals surface area contributed by atoms with E-state index in [0.29, 0.717) is 25.2 Å². The molecule has 0 spiro atoms. The fourth-order valence-corrected chi connectivity index (χ4v) is 1.74. The lowest BCUT2D eigenvalue weighted by Crippen LogP contribution is -2.34. The number of carbonyl (C=O) groups is 1. The Balaban J connectivity index is 2.41. The first-order valence-corrected chi connectivity index (χ1v) is 5.61. The Morgan fingerprint density at radius 2 is 2.62 bits per heavy atom. The van der Waals surface area contributed by atoms with E-state index in [1.54, 1.807) is 10.9 Å². The highest BCUT2D eigenvalue weighted by molar-refractivity contribution is 7.07. The summed E-state index contributed by atoms with van der Waals surface area (Å²) in [6.07, 6.45) is 0.651. The van der Waals surface area contributed by atoms with Crippen LogP contribution in [0.25, 0.3) is 10.4 Å². The lowest BCUT2D eigenvalue weighted by molar-refractivity contribution is -0.120. The predicted molar refractivity (Wildman–Crippen MR) is 60.7 cm³/mol. The second-order valence-electron chi connectivity index (χ2n) is 3.01. The van der Waals surface area contributed by atoms with E-state index >= 15 is 0 Å². The van der Waals surface area contributed by atoms with Gasteiger partial charge in [-0.05, 0) is 18.5 Å². The van der Waals surface area contributed by atoms with Crippen LogP contribution in [-0.2, 0) is 4.79 Å². The minimum atomic E-state index is -0.572. The number of nitrogens with one attached hydrogen (secondary N) is 1. The standard InChI is InChI=1S/C8H12N6OS/c9-8(15)7(6-4-16-5-12-6)11-2-1-3-13-14-10/h4-5,7,11H,1-3H2,(H2,9,15). The number of primary amides is 1. The molecule has 7 nitrogen and oxygen atoms in total. The lowest BCUT2D eigenvalue weighted by atomic mass is 10.2. The molecule has 86 valence electrons. The maximum atomic E-state index is 11.2. The quantitative estimate of drug-likeness (QED) is 0.320. The summed E-state index contributed by atoms with van der Waals surface area (Å²) in [5.41, 5.74) is 15.6. The van der Waals surface area contributed by atoms with Crippen molar-refractivity contribution in [1.82, 2.24) is 10.3 Å². The number of rotatable bonds is 7. The average Bonchev–Trinajstić information content (AvgIpc) is 2.76. The maximum absolute atomic E-state index is 11.2. The molecule has 0 aliphatic carbocycles. The topological polar surface area (TPSA) is 117 Å². The fourth-order valence-electron chi connectivity index (χ4n) is 1.16. The smallest absolute Gasteiger partial charge is 0.240 e. The van der Waals surface area contributed by atoms with Crippen molar-refractivity contribution in [2.75, 3.05) is 13.1 Å². The second-order valence-corrected chi connectivity index (χ2v) is 3.73. The van der Waals surface area contributed by atoms with E-state index in [4.69, 9.17) is 11.3 Å². The number of nitrogens with two attached hydrogens (primary N) is 1. The van der Waals surface area contributed by atoms with Crippen molar-refractivity contribution in [3.8, 4) is 0 Å². The number of azide groups is 1. The van der Waals surface area contributed by atoms with Crippen LogP contribution in [0.15, 0.2) is 16.0 Å². The van der Waals surface area contributed by atoms with Crippen molar-refractivity contribution in [3.63, 3.8) is 0 Å². The van der Waals surface area contributed by atoms with Gasteiger partial charge in [-0.1, -0.05) is 5.11 Å². The van der Waals surface area contributed by atoms with Crippen molar-refractivity contribution in [2.45, 2.75) is 12.5 Å². The number of carbonyl (C=O) groups excluding carboxylic acids is 1. The van der Waals surface area contributed by atoms with Crippen LogP contribution in [0, 0.1) is 0 Å². The molecule has 1 unspecified atom stereocenters. The monoisotopic (exact) mass is 240 g/mol. The van der Waals surface area contributed by atoms with E-state index in [1.165, 1.54) is 11.3 Å². The van der Waals surface area contributed by atoms with Crippen LogP contribution in [0.2, 0.25) is 0 Å². The Kier molecular flexibility index (Phi) is 5.27. The number of amides is 1. The molecular formula is C8H12N6OS. The van der Waals surface area contributed by atoms with E-state index < -0.39 is 11.9 Å². The van der Waals surface area contributed by atoms with E-state index in [2.05, 4.69) is 20.3 Å². The van der Waals surface area contributed by atoms with Gasteiger partial charge in [-0.25, -0.2) is 4.98 Å². The third-order valence-corrected chi connectivity index (χ3v) is 2.48. The van der Waals surface area contributed by atoms with Gasteiger partial charge in [-0.2, -0.15) is 0 Å². The first-order valence-electron chi connectivity index (χ1n) is 4.67. The van der Waals surface area contributed by atoms with Crippen LogP contribution in [0.5, 0.6) is 0 Å². The van der Waals surface area contributed by atoms with Gasteiger partial charge in [0.2, 0.25) is 5.91 Å². The number of hydrogen-bond donors (Lipinski definition) is 2. The number of aromatic nitrogens is 1. The molecule has 16 heavy (non-hydrogen) atoms. The first kappa shape index (κ1) is 12.4. The summed E-state index contributed by atoms with van der Waals surface area (Å²) in [6.45, 7) is 0.941. The van der Waals surface area contributed by atoms with Crippen molar-refractivity contribution < 1.29 is 4.79 Å². The molecule has 0 fully saturated rings. The fraction of sp³-hybridized carbons (Fsp3) is 0.500. The summed E-state index contributed by atoms with van der Waals surface area (Å²) in [4.78, 5) is 17.8. The molecule has 0 radical (unpaired) electrons. The summed E-state index contributed by atoms with van der Waals surface area (Å²) in [6, 6.07) is -0.572. The van der Waals surface area contributed by atoms with Crippen molar-refractivity contribution in [3.05, 3.63) is 27.0 Å². The molecule has 1 aromatic heterocycles. The van der Waals surface area contributed by atoms with Crippen LogP contribution < -0.4 is 11.1 Å². The zero-order valence-corrected chi connectivity index (χ0v) is 9.35. The van der Waals surface area contributed by atoms with E-state index in [9.17, 15) is 4.79 Å². The Hall–Kier alpha value is -1.63. The number of hydrogen-bond acceptors (Lipinski definition) is 5. The molecule has 8 heteroatoms. The molecule has 1 amide bonds. The zero-order valence-electron chi connectivity index (χ0n) is 8.54. The third kappa shape index (κ3) is 3.85. The van der Waals surface area contributed by atoms with Gasteiger partial charge in [0.15, 0.2) is 0 Å². The van der Waals surface area contributed by atoms with Crippen molar-refractivity contribution >= 4 is 17.2 Å². The Morgan fingerprint density at radius 1 is 1.81 bits per heavy atom. The molecule has 1 atom stereocenters. The van der Waals surface area contributed by atoms with Gasteiger partial charge < -0.3 is 11.1 Å². The Morgan fingerprint density at radius 3 is 3.19 bits per heavy atom. The lowest BCUT2D eigenvalue weighted by Gasteiger charge is -2.12. The van der Waals surface area contributed by atoms with Crippen LogP contribution in [0.1, 0.15) is 18.2 Å². The number of thiazole rings is 1. The van der Waals surface area contributed by atoms with Crippen LogP contribution in [0.3, 0.4) is 0 Å². The van der Waals surface area contributed by atoms with Gasteiger partial charge in [0.25, 0.3) is 0 Å². The summed E-state index contributed by atoms with van der Waals surface area (Å²) in [7, 11) is 0. The largest absolute Gasteiger partial charge is 0.368 e. The molecule has 1 rings (SSSR count). The van der Waals surface area contributed by atoms with Gasteiger partial charge >= 0.3 is 0 Å². The highest BCUT2D eigenvalue weighted by Gasteiger charge is 2.18. The van der Waals surface area contributed by atoms with E-state index in [0.717, 1.165) is 0 Å². The second kappa shape index (κ2) is 6.78. The first-order chi connectivity index (χ1) is 7.75. The summed E-state index contributed by atoms with van der Waals surface area (Å²) in [5, 5.41) is 8.13. The SMILES string of the molecule is [N-]=[N+]=NCCCNC(C(N)=O)c1cscn1. The molecule has 0 saturated carbocycles. The molecule has 1 heterocycles. The molecule has 0 aliphatic heterocycles. The minimum Gasteiger partial charge on any atom is -0.368 e. The molecule has 0 aromatic carbocycles. The van der Waals surface area contributed by atoms with Crippen molar-refractivity contribution in [1.29, 1.82) is 0 Å². The van der Waals surface area contributed by atoms with Crippen LogP contribution in [-0.4, -0.2) is 24.0 Å². The van der Waals surface area contributed by atoms with Gasteiger partial charge in [0.05, 0.1) is 11.2 Å². The predicted octanol–water partition coefficient (Wildman–Crippen LogP) is 0.960. The summed E-state index contributed by atoms with van der Waals surface area (Å²) < 4.78 is 0. The molecule has 0 aliphatic rings. The highest BCUT2D eigenvalue weighted by atomic mass is 32.1. The van der Waals surface area contributed by atoms with Crippen molar-refractivity contribution in [2.24, 2.45) is 10.8 Å². The summed E-state index contributed by atoms with van der Waals surface area (Å²) >= 11 is 1.41. The van der Waals surface area contributed by atoms with Gasteiger partial charge in [0, 0.05) is 16.8 Å². The van der Waals surface area contributed by atoms with Crippen LogP contribution in [0.4, 0.5) is 0 Å². The normalized spacial score (nSPS) is 11.8. The molecular weight excluding hydrogens is 228 g/mol. The van der Waals surface area contributed by atoms with Gasteiger partial charge in [-0.15, -0.1) is 11.3 Å². The van der Waals surface area contributed by atoms with Crippen LogP contribution >= 0.6 is 11.3 Å². The molecule has 0 bridgehead atoms. The zero-order chi connectivity index (χ0) is 11.8. The molecule has 0 saturated heterocycles. The average molecular weight is 240 g/mol. The minimum absolute atomic E-state index is 0.395. The number of nitrogens with zero attached hydrogens (tertiary/aromatic N) is 4. The van der Waals surface area contributed by atoms with Gasteiger partial charge in [0.1, 0.15) is 6.04 Å². The van der Waals surface area contributed by atoms with Gasteiger partial charge in [-0.3, -0.25) is 4.79 Å². The van der Waals surface area contributed by atoms with E-state index in [1.807, 2.05) is 0 Å². The molecule has 3 N–H and O–H groups in total. The highest BCUT2D eigenvalue weighted by Crippen LogP contribution is 2.12. The third-order valence-electron chi connectivity index (χ3n) is 1.88. The summed E-state index contributed by atoms with van der Waals surface area (Å²) in [5.74, 6) is -0.463. The maximum Gasteiger partial charge on any atom is 0.240 e.